The molecule has 0 saturated carbocycles. The number of aliphatic hydroxyl groups is 1. The molecule has 0 bridgehead atoms. The average Bonchev–Trinajstić information content (AvgIpc) is 3.01. The molecule has 0 fully saturated rings. The molecule has 0 aliphatic heterocycles. The summed E-state index contributed by atoms with van der Waals surface area (Å²) < 4.78 is 0. The van der Waals surface area contributed by atoms with Gasteiger partial charge in [-0.2, -0.15) is 0 Å². The first-order valence-electron chi connectivity index (χ1n) is 8.19. The second-order valence-corrected chi connectivity index (χ2v) is 7.87. The van der Waals surface area contributed by atoms with Crippen LogP contribution in [0.5, 0.6) is 0 Å². The maximum absolute atomic E-state index is 12.7. The Hall–Kier alpha value is -1.72. The molecule has 0 aliphatic rings. The van der Waals surface area contributed by atoms with Crippen LogP contribution in [-0.2, 0) is 16.6 Å². The van der Waals surface area contributed by atoms with Crippen molar-refractivity contribution in [3.8, 4) is 0 Å². The number of amides is 1. The lowest BCUT2D eigenvalue weighted by atomic mass is 9.98. The summed E-state index contributed by atoms with van der Waals surface area (Å²) in [6.07, 6.45) is 0.814. The molecule has 5 heteroatoms. The van der Waals surface area contributed by atoms with Crippen LogP contribution in [0, 0.1) is 0 Å². The fourth-order valence-electron chi connectivity index (χ4n) is 2.57. The second-order valence-electron chi connectivity index (χ2n) is 7.01. The highest BCUT2D eigenvalue weighted by Gasteiger charge is 2.23. The zero-order chi connectivity index (χ0) is 17.7. The van der Waals surface area contributed by atoms with Gasteiger partial charge >= 0.3 is 0 Å². The lowest BCUT2D eigenvalue weighted by Crippen LogP contribution is -2.33. The largest absolute Gasteiger partial charge is 0.396 e. The van der Waals surface area contributed by atoms with Gasteiger partial charge in [0.1, 0.15) is 0 Å². The van der Waals surface area contributed by atoms with Gasteiger partial charge in [-0.05, 0) is 12.0 Å². The van der Waals surface area contributed by atoms with Gasteiger partial charge in [0.25, 0.3) is 0 Å². The Labute approximate surface area is 148 Å². The topological polar surface area (TPSA) is 53.4 Å². The van der Waals surface area contributed by atoms with Gasteiger partial charge in [-0.15, -0.1) is 11.3 Å². The summed E-state index contributed by atoms with van der Waals surface area (Å²) in [4.78, 5) is 19.0. The molecule has 0 saturated heterocycles. The van der Waals surface area contributed by atoms with E-state index in [2.05, 4.69) is 25.8 Å². The maximum Gasteiger partial charge on any atom is 0.228 e. The van der Waals surface area contributed by atoms with Crippen LogP contribution in [0.3, 0.4) is 0 Å². The molecule has 2 aromatic rings. The third-order valence-corrected chi connectivity index (χ3v) is 5.29. The van der Waals surface area contributed by atoms with Gasteiger partial charge in [-0.25, -0.2) is 4.98 Å². The molecular weight excluding hydrogens is 320 g/mol. The summed E-state index contributed by atoms with van der Waals surface area (Å²) >= 11 is 1.60. The second kappa shape index (κ2) is 7.90. The average molecular weight is 346 g/mol. The number of thiazole rings is 1. The third-order valence-electron chi connectivity index (χ3n) is 3.97. The molecule has 0 aliphatic carbocycles. The smallest absolute Gasteiger partial charge is 0.228 e. The first kappa shape index (κ1) is 18.6. The van der Waals surface area contributed by atoms with Crippen molar-refractivity contribution in [2.45, 2.75) is 45.1 Å². The molecule has 1 heterocycles. The fraction of sp³-hybridized carbons (Fsp3) is 0.474. The lowest BCUT2D eigenvalue weighted by Gasteiger charge is -2.28. The van der Waals surface area contributed by atoms with Crippen LogP contribution in [-0.4, -0.2) is 34.6 Å². The summed E-state index contributed by atoms with van der Waals surface area (Å²) in [5, 5.41) is 12.4. The van der Waals surface area contributed by atoms with E-state index >= 15 is 0 Å². The first-order chi connectivity index (χ1) is 11.3. The molecule has 2 rings (SSSR count). The van der Waals surface area contributed by atoms with Crippen LogP contribution in [0.25, 0.3) is 0 Å². The summed E-state index contributed by atoms with van der Waals surface area (Å²) in [5.41, 5.74) is 1.86. The van der Waals surface area contributed by atoms with Crippen LogP contribution >= 0.6 is 11.3 Å². The van der Waals surface area contributed by atoms with Gasteiger partial charge in [0.05, 0.1) is 23.2 Å². The molecule has 1 amide bonds. The molecule has 1 aromatic heterocycles. The zero-order valence-corrected chi connectivity index (χ0v) is 15.6. The monoisotopic (exact) mass is 346 g/mol. The Kier molecular flexibility index (Phi) is 6.13. The SMILES string of the molecule is CN(C(=O)Cc1csc(C(C)(C)C)n1)C(CCO)c1ccccc1. The molecule has 24 heavy (non-hydrogen) atoms. The maximum atomic E-state index is 12.7. The fourth-order valence-corrected chi connectivity index (χ4v) is 3.47. The third kappa shape index (κ3) is 4.65. The molecular formula is C19H26N2O2S. The number of carbonyl (C=O) groups is 1. The number of rotatable bonds is 6. The standard InChI is InChI=1S/C19H26N2O2S/c1-19(2,3)18-20-15(13-24-18)12-17(23)21(4)16(10-11-22)14-8-6-5-7-9-14/h5-9,13,16,22H,10-12H2,1-4H3. The molecule has 1 aromatic carbocycles. The van der Waals surface area contributed by atoms with E-state index in [1.165, 1.54) is 0 Å². The molecule has 130 valence electrons. The number of carbonyl (C=O) groups excluding carboxylic acids is 1. The molecule has 1 unspecified atom stereocenters. The minimum absolute atomic E-state index is 0.00132. The summed E-state index contributed by atoms with van der Waals surface area (Å²) in [7, 11) is 1.80. The van der Waals surface area contributed by atoms with E-state index in [4.69, 9.17) is 0 Å². The number of likely N-dealkylation sites (N-methyl/N-ethyl adjacent to an activating group) is 1. The highest BCUT2D eigenvalue weighted by molar-refractivity contribution is 7.09. The van der Waals surface area contributed by atoms with Gasteiger partial charge in [0.2, 0.25) is 5.91 Å². The Morgan fingerprint density at radius 2 is 1.96 bits per heavy atom. The number of hydrogen-bond acceptors (Lipinski definition) is 4. The van der Waals surface area contributed by atoms with Crippen LogP contribution in [0.4, 0.5) is 0 Å². The van der Waals surface area contributed by atoms with Gasteiger partial charge < -0.3 is 10.0 Å². The molecule has 0 spiro atoms. The van der Waals surface area contributed by atoms with Crippen molar-refractivity contribution in [1.82, 2.24) is 9.88 Å². The van der Waals surface area contributed by atoms with Crippen LogP contribution < -0.4 is 0 Å². The first-order valence-corrected chi connectivity index (χ1v) is 9.07. The Bertz CT molecular complexity index is 662. The summed E-state index contributed by atoms with van der Waals surface area (Å²) in [6, 6.07) is 9.71. The number of benzene rings is 1. The van der Waals surface area contributed by atoms with E-state index in [1.807, 2.05) is 35.7 Å². The van der Waals surface area contributed by atoms with E-state index in [0.717, 1.165) is 16.3 Å². The van der Waals surface area contributed by atoms with Gasteiger partial charge in [0.15, 0.2) is 0 Å². The van der Waals surface area contributed by atoms with Gasteiger partial charge in [-0.1, -0.05) is 51.1 Å². The van der Waals surface area contributed by atoms with Gasteiger partial charge in [-0.3, -0.25) is 4.79 Å². The van der Waals surface area contributed by atoms with Crippen molar-refractivity contribution >= 4 is 17.2 Å². The lowest BCUT2D eigenvalue weighted by molar-refractivity contribution is -0.131. The van der Waals surface area contributed by atoms with Crippen molar-refractivity contribution in [2.24, 2.45) is 0 Å². The molecule has 1 atom stereocenters. The highest BCUT2D eigenvalue weighted by atomic mass is 32.1. The number of hydrogen-bond donors (Lipinski definition) is 1. The van der Waals surface area contributed by atoms with Crippen LogP contribution in [0.15, 0.2) is 35.7 Å². The van der Waals surface area contributed by atoms with E-state index in [-0.39, 0.29) is 30.4 Å². The van der Waals surface area contributed by atoms with Crippen molar-refractivity contribution in [1.29, 1.82) is 0 Å². The quantitative estimate of drug-likeness (QED) is 0.870. The number of nitrogens with zero attached hydrogens (tertiary/aromatic N) is 2. The Morgan fingerprint density at radius 1 is 1.29 bits per heavy atom. The molecule has 4 nitrogen and oxygen atoms in total. The van der Waals surface area contributed by atoms with Crippen molar-refractivity contribution in [3.63, 3.8) is 0 Å². The van der Waals surface area contributed by atoms with Crippen LogP contribution in [0.1, 0.15) is 49.5 Å². The van der Waals surface area contributed by atoms with E-state index < -0.39 is 0 Å². The Balaban J connectivity index is 2.11. The zero-order valence-electron chi connectivity index (χ0n) is 14.8. The predicted molar refractivity (Wildman–Crippen MR) is 98.2 cm³/mol. The van der Waals surface area contributed by atoms with Crippen LogP contribution in [0.2, 0.25) is 0 Å². The van der Waals surface area contributed by atoms with Crippen molar-refractivity contribution in [2.75, 3.05) is 13.7 Å². The molecule has 1 N–H and O–H groups in total. The van der Waals surface area contributed by atoms with Crippen molar-refractivity contribution < 1.29 is 9.90 Å². The minimum Gasteiger partial charge on any atom is -0.396 e. The van der Waals surface area contributed by atoms with E-state index in [9.17, 15) is 9.90 Å². The number of aliphatic hydroxyl groups excluding tert-OH is 1. The summed E-state index contributed by atoms with van der Waals surface area (Å²) in [6.45, 7) is 6.41. The highest BCUT2D eigenvalue weighted by Crippen LogP contribution is 2.27. The Morgan fingerprint density at radius 3 is 2.50 bits per heavy atom. The normalized spacial score (nSPS) is 12.9. The van der Waals surface area contributed by atoms with E-state index in [0.29, 0.717) is 6.42 Å². The predicted octanol–water partition coefficient (Wildman–Crippen LogP) is 3.57. The number of aromatic nitrogens is 1. The summed E-state index contributed by atoms with van der Waals surface area (Å²) in [5.74, 6) is 0.0167. The molecule has 0 radical (unpaired) electrons. The van der Waals surface area contributed by atoms with Crippen molar-refractivity contribution in [3.05, 3.63) is 52.0 Å². The van der Waals surface area contributed by atoms with E-state index in [1.54, 1.807) is 23.3 Å². The minimum atomic E-state index is -0.121. The van der Waals surface area contributed by atoms with Gasteiger partial charge in [0, 0.05) is 24.4 Å².